The van der Waals surface area contributed by atoms with Gasteiger partial charge in [-0.15, -0.1) is 0 Å². The lowest BCUT2D eigenvalue weighted by Crippen LogP contribution is -2.25. The summed E-state index contributed by atoms with van der Waals surface area (Å²) >= 11 is 0. The van der Waals surface area contributed by atoms with Crippen molar-refractivity contribution in [2.45, 2.75) is 20.8 Å². The maximum Gasteiger partial charge on any atom is 0.256 e. The van der Waals surface area contributed by atoms with E-state index in [9.17, 15) is 9.59 Å². The zero-order valence-corrected chi connectivity index (χ0v) is 20.4. The summed E-state index contributed by atoms with van der Waals surface area (Å²) in [5.74, 6) is 1.14. The van der Waals surface area contributed by atoms with Gasteiger partial charge in [-0.2, -0.15) is 5.10 Å². The molecule has 0 aliphatic carbocycles. The van der Waals surface area contributed by atoms with Crippen molar-refractivity contribution in [3.63, 3.8) is 0 Å². The SMILES string of the molecule is COc1ccc(C(=O)Nc2c(-c3cccc(OC)c3)c(=O)c(C)nn2-c2ccc(C)c(C)c2)cc1. The topological polar surface area (TPSA) is 82.4 Å². The van der Waals surface area contributed by atoms with E-state index in [0.29, 0.717) is 33.9 Å². The minimum atomic E-state index is -0.376. The van der Waals surface area contributed by atoms with Crippen molar-refractivity contribution in [2.24, 2.45) is 0 Å². The Balaban J connectivity index is 1.95. The number of nitrogens with one attached hydrogen (secondary N) is 1. The van der Waals surface area contributed by atoms with Crippen LogP contribution in [0.1, 0.15) is 27.2 Å². The average Bonchev–Trinajstić information content (AvgIpc) is 2.88. The van der Waals surface area contributed by atoms with Gasteiger partial charge in [0.15, 0.2) is 0 Å². The molecule has 3 aromatic carbocycles. The number of aryl methyl sites for hydroxylation is 3. The van der Waals surface area contributed by atoms with Crippen molar-refractivity contribution in [3.8, 4) is 28.3 Å². The lowest BCUT2D eigenvalue weighted by Gasteiger charge is -2.19. The zero-order valence-electron chi connectivity index (χ0n) is 20.4. The highest BCUT2D eigenvalue weighted by atomic mass is 16.5. The predicted octanol–water partition coefficient (Wildman–Crippen LogP) is 5.09. The summed E-state index contributed by atoms with van der Waals surface area (Å²) in [5, 5.41) is 7.50. The zero-order chi connectivity index (χ0) is 25.1. The molecule has 4 aromatic rings. The largest absolute Gasteiger partial charge is 0.497 e. The second kappa shape index (κ2) is 9.85. The third-order valence-electron chi connectivity index (χ3n) is 5.93. The monoisotopic (exact) mass is 469 g/mol. The molecule has 0 saturated carbocycles. The van der Waals surface area contributed by atoms with E-state index < -0.39 is 0 Å². The highest BCUT2D eigenvalue weighted by molar-refractivity contribution is 6.05. The first kappa shape index (κ1) is 23.8. The summed E-state index contributed by atoms with van der Waals surface area (Å²) in [7, 11) is 3.13. The molecule has 35 heavy (non-hydrogen) atoms. The Morgan fingerprint density at radius 2 is 1.57 bits per heavy atom. The van der Waals surface area contributed by atoms with Gasteiger partial charge in [-0.05, 0) is 86.0 Å². The second-order valence-corrected chi connectivity index (χ2v) is 8.23. The molecule has 1 amide bonds. The molecule has 1 aromatic heterocycles. The van der Waals surface area contributed by atoms with Crippen molar-refractivity contribution < 1.29 is 14.3 Å². The van der Waals surface area contributed by atoms with Gasteiger partial charge in [0.2, 0.25) is 5.43 Å². The molecule has 1 heterocycles. The van der Waals surface area contributed by atoms with Gasteiger partial charge < -0.3 is 14.8 Å². The van der Waals surface area contributed by atoms with Crippen LogP contribution >= 0.6 is 0 Å². The third kappa shape index (κ3) is 4.80. The molecule has 0 radical (unpaired) electrons. The number of carbonyl (C=O) groups excluding carboxylic acids is 1. The first-order valence-corrected chi connectivity index (χ1v) is 11.1. The van der Waals surface area contributed by atoms with Crippen LogP contribution in [0.15, 0.2) is 71.5 Å². The van der Waals surface area contributed by atoms with Crippen molar-refractivity contribution >= 4 is 11.7 Å². The molecule has 0 saturated heterocycles. The fourth-order valence-corrected chi connectivity index (χ4v) is 3.77. The average molecular weight is 470 g/mol. The molecule has 7 heteroatoms. The summed E-state index contributed by atoms with van der Waals surface area (Å²) < 4.78 is 12.2. The van der Waals surface area contributed by atoms with Gasteiger partial charge in [-0.25, -0.2) is 4.68 Å². The minimum Gasteiger partial charge on any atom is -0.497 e. The van der Waals surface area contributed by atoms with E-state index in [2.05, 4.69) is 10.4 Å². The van der Waals surface area contributed by atoms with Crippen LogP contribution in [0.5, 0.6) is 11.5 Å². The van der Waals surface area contributed by atoms with Crippen LogP contribution in [-0.4, -0.2) is 29.9 Å². The van der Waals surface area contributed by atoms with Crippen LogP contribution in [0.25, 0.3) is 16.8 Å². The second-order valence-electron chi connectivity index (χ2n) is 8.23. The Morgan fingerprint density at radius 1 is 0.857 bits per heavy atom. The first-order valence-electron chi connectivity index (χ1n) is 11.1. The Labute approximate surface area is 204 Å². The number of nitrogens with zero attached hydrogens (tertiary/aromatic N) is 2. The maximum absolute atomic E-state index is 13.4. The molecule has 0 bridgehead atoms. The highest BCUT2D eigenvalue weighted by Gasteiger charge is 2.21. The van der Waals surface area contributed by atoms with Crippen molar-refractivity contribution in [1.82, 2.24) is 9.78 Å². The van der Waals surface area contributed by atoms with Gasteiger partial charge in [0, 0.05) is 5.56 Å². The van der Waals surface area contributed by atoms with Crippen molar-refractivity contribution in [1.29, 1.82) is 0 Å². The maximum atomic E-state index is 13.4. The molecule has 0 spiro atoms. The molecule has 4 rings (SSSR count). The van der Waals surface area contributed by atoms with Gasteiger partial charge in [-0.3, -0.25) is 9.59 Å². The summed E-state index contributed by atoms with van der Waals surface area (Å²) in [6, 6.07) is 19.8. The molecular formula is C28H27N3O4. The summed E-state index contributed by atoms with van der Waals surface area (Å²) in [4.78, 5) is 26.7. The van der Waals surface area contributed by atoms with E-state index in [1.807, 2.05) is 38.1 Å². The fraction of sp³-hybridized carbons (Fsp3) is 0.179. The number of ether oxygens (including phenoxy) is 2. The Hall–Kier alpha value is -4.39. The fourth-order valence-electron chi connectivity index (χ4n) is 3.77. The predicted molar refractivity (Wildman–Crippen MR) is 137 cm³/mol. The summed E-state index contributed by atoms with van der Waals surface area (Å²) in [5.41, 5.74) is 4.32. The van der Waals surface area contributed by atoms with Crippen molar-refractivity contribution in [2.75, 3.05) is 19.5 Å². The number of hydrogen-bond donors (Lipinski definition) is 1. The molecular weight excluding hydrogens is 442 g/mol. The number of carbonyl (C=O) groups is 1. The minimum absolute atomic E-state index is 0.275. The molecule has 0 unspecified atom stereocenters. The van der Waals surface area contributed by atoms with Gasteiger partial charge in [-0.1, -0.05) is 18.2 Å². The van der Waals surface area contributed by atoms with Crippen LogP contribution in [0, 0.1) is 20.8 Å². The third-order valence-corrected chi connectivity index (χ3v) is 5.93. The first-order chi connectivity index (χ1) is 16.8. The van der Waals surface area contributed by atoms with E-state index in [-0.39, 0.29) is 17.2 Å². The number of aromatic nitrogens is 2. The van der Waals surface area contributed by atoms with Gasteiger partial charge in [0.1, 0.15) is 23.0 Å². The van der Waals surface area contributed by atoms with Crippen LogP contribution in [0.2, 0.25) is 0 Å². The number of anilines is 1. The number of hydrogen-bond acceptors (Lipinski definition) is 5. The van der Waals surface area contributed by atoms with Crippen LogP contribution in [-0.2, 0) is 0 Å². The number of benzene rings is 3. The molecule has 0 atom stereocenters. The molecule has 1 N–H and O–H groups in total. The molecule has 0 fully saturated rings. The van der Waals surface area contributed by atoms with Crippen LogP contribution < -0.4 is 20.2 Å². The van der Waals surface area contributed by atoms with E-state index in [4.69, 9.17) is 9.47 Å². The standard InChI is InChI=1S/C28H27N3O4/c1-17-9-12-22(15-18(17)2)31-27(29-28(33)20-10-13-23(34-4)14-11-20)25(26(32)19(3)30-31)21-7-6-8-24(16-21)35-5/h6-16H,1-5H3,(H,29,33). The molecule has 178 valence electrons. The molecule has 7 nitrogen and oxygen atoms in total. The van der Waals surface area contributed by atoms with Crippen molar-refractivity contribution in [3.05, 3.63) is 99.3 Å². The van der Waals surface area contributed by atoms with E-state index in [0.717, 1.165) is 16.8 Å². The normalized spacial score (nSPS) is 10.7. The lowest BCUT2D eigenvalue weighted by molar-refractivity contribution is 0.102. The van der Waals surface area contributed by atoms with Crippen LogP contribution in [0.3, 0.4) is 0 Å². The van der Waals surface area contributed by atoms with Gasteiger partial charge >= 0.3 is 0 Å². The van der Waals surface area contributed by atoms with E-state index in [1.54, 1.807) is 68.3 Å². The lowest BCUT2D eigenvalue weighted by atomic mass is 10.0. The van der Waals surface area contributed by atoms with E-state index >= 15 is 0 Å². The van der Waals surface area contributed by atoms with Gasteiger partial charge in [0.05, 0.1) is 25.5 Å². The summed E-state index contributed by atoms with van der Waals surface area (Å²) in [6.07, 6.45) is 0. The Kier molecular flexibility index (Phi) is 6.68. The quantitative estimate of drug-likeness (QED) is 0.425. The highest BCUT2D eigenvalue weighted by Crippen LogP contribution is 2.30. The van der Waals surface area contributed by atoms with Crippen LogP contribution in [0.4, 0.5) is 5.82 Å². The van der Waals surface area contributed by atoms with Gasteiger partial charge in [0.25, 0.3) is 5.91 Å². The number of methoxy groups -OCH3 is 2. The molecule has 0 aliphatic rings. The number of amides is 1. The Bertz CT molecular complexity index is 1460. The van der Waals surface area contributed by atoms with E-state index in [1.165, 1.54) is 0 Å². The Morgan fingerprint density at radius 3 is 2.23 bits per heavy atom. The number of rotatable bonds is 6. The summed E-state index contributed by atoms with van der Waals surface area (Å²) in [6.45, 7) is 5.70. The smallest absolute Gasteiger partial charge is 0.256 e. The molecule has 0 aliphatic heterocycles.